The standard InChI is InChI=1S/C13H17NO3S2/c1-9-4-5-11(18)7-12(9)13(15)14-10-3-2-6-19(16,17)8-10/h4-5,7,10,18H,2-3,6,8H2,1H3,(H,14,15). The number of benzene rings is 1. The van der Waals surface area contributed by atoms with Crippen LogP contribution in [-0.4, -0.2) is 31.9 Å². The third-order valence-electron chi connectivity index (χ3n) is 3.26. The molecule has 1 N–H and O–H groups in total. The fraction of sp³-hybridized carbons (Fsp3) is 0.462. The molecule has 1 fully saturated rings. The summed E-state index contributed by atoms with van der Waals surface area (Å²) in [5.74, 6) is 0.0404. The molecule has 0 saturated carbocycles. The van der Waals surface area contributed by atoms with Crippen LogP contribution < -0.4 is 5.32 Å². The van der Waals surface area contributed by atoms with Crippen molar-refractivity contribution in [3.8, 4) is 0 Å². The molecule has 0 spiro atoms. The molecule has 1 aliphatic rings. The molecule has 2 rings (SSSR count). The predicted octanol–water partition coefficient (Wildman–Crippen LogP) is 1.59. The highest BCUT2D eigenvalue weighted by atomic mass is 32.2. The Kier molecular flexibility index (Phi) is 4.20. The van der Waals surface area contributed by atoms with Crippen LogP contribution in [0.5, 0.6) is 0 Å². The Hall–Kier alpha value is -1.01. The van der Waals surface area contributed by atoms with Crippen molar-refractivity contribution < 1.29 is 13.2 Å². The van der Waals surface area contributed by atoms with E-state index in [0.29, 0.717) is 23.3 Å². The van der Waals surface area contributed by atoms with Crippen LogP contribution in [0.25, 0.3) is 0 Å². The molecule has 1 amide bonds. The summed E-state index contributed by atoms with van der Waals surface area (Å²) >= 11 is 4.21. The van der Waals surface area contributed by atoms with E-state index >= 15 is 0 Å². The second kappa shape index (κ2) is 5.54. The monoisotopic (exact) mass is 299 g/mol. The lowest BCUT2D eigenvalue weighted by Crippen LogP contribution is -2.43. The molecule has 1 saturated heterocycles. The third kappa shape index (κ3) is 3.73. The maximum absolute atomic E-state index is 12.2. The summed E-state index contributed by atoms with van der Waals surface area (Å²) in [6, 6.07) is 5.06. The number of carbonyl (C=O) groups is 1. The minimum atomic E-state index is -3.01. The van der Waals surface area contributed by atoms with Crippen LogP contribution in [0.2, 0.25) is 0 Å². The zero-order chi connectivity index (χ0) is 14.0. The van der Waals surface area contributed by atoms with Crippen molar-refractivity contribution in [1.82, 2.24) is 5.32 Å². The molecule has 1 heterocycles. The summed E-state index contributed by atoms with van der Waals surface area (Å²) < 4.78 is 23.1. The van der Waals surface area contributed by atoms with Gasteiger partial charge in [0.1, 0.15) is 0 Å². The van der Waals surface area contributed by atoms with Gasteiger partial charge in [-0.2, -0.15) is 0 Å². The first kappa shape index (κ1) is 14.4. The van der Waals surface area contributed by atoms with E-state index in [1.807, 2.05) is 19.1 Å². The largest absolute Gasteiger partial charge is 0.348 e. The number of amides is 1. The number of hydrogen-bond donors (Lipinski definition) is 2. The van der Waals surface area contributed by atoms with Crippen LogP contribution in [0, 0.1) is 6.92 Å². The van der Waals surface area contributed by atoms with E-state index in [4.69, 9.17) is 0 Å². The maximum atomic E-state index is 12.2. The van der Waals surface area contributed by atoms with Crippen LogP contribution in [0.1, 0.15) is 28.8 Å². The van der Waals surface area contributed by atoms with Gasteiger partial charge in [-0.25, -0.2) is 8.42 Å². The smallest absolute Gasteiger partial charge is 0.251 e. The lowest BCUT2D eigenvalue weighted by Gasteiger charge is -2.23. The Morgan fingerprint density at radius 3 is 2.84 bits per heavy atom. The molecule has 6 heteroatoms. The highest BCUT2D eigenvalue weighted by Gasteiger charge is 2.26. The van der Waals surface area contributed by atoms with Crippen LogP contribution >= 0.6 is 12.6 Å². The van der Waals surface area contributed by atoms with Gasteiger partial charge in [-0.05, 0) is 37.5 Å². The molecule has 0 aromatic heterocycles. The van der Waals surface area contributed by atoms with E-state index in [1.165, 1.54) is 0 Å². The third-order valence-corrected chi connectivity index (χ3v) is 5.36. The Morgan fingerprint density at radius 2 is 2.16 bits per heavy atom. The number of aryl methyl sites for hydroxylation is 1. The van der Waals surface area contributed by atoms with E-state index in [1.54, 1.807) is 6.07 Å². The van der Waals surface area contributed by atoms with Gasteiger partial charge in [0.15, 0.2) is 9.84 Å². The summed E-state index contributed by atoms with van der Waals surface area (Å²) in [7, 11) is -3.01. The highest BCUT2D eigenvalue weighted by Crippen LogP contribution is 2.16. The lowest BCUT2D eigenvalue weighted by atomic mass is 10.1. The minimum absolute atomic E-state index is 0.0400. The van der Waals surface area contributed by atoms with E-state index in [0.717, 1.165) is 5.56 Å². The van der Waals surface area contributed by atoms with Gasteiger partial charge in [0.2, 0.25) is 0 Å². The predicted molar refractivity (Wildman–Crippen MR) is 77.6 cm³/mol. The van der Waals surface area contributed by atoms with Crippen molar-refractivity contribution in [2.75, 3.05) is 11.5 Å². The van der Waals surface area contributed by atoms with Crippen LogP contribution in [0.4, 0.5) is 0 Å². The molecule has 1 unspecified atom stereocenters. The van der Waals surface area contributed by atoms with E-state index in [-0.39, 0.29) is 23.5 Å². The molecule has 1 aliphatic heterocycles. The molecular weight excluding hydrogens is 282 g/mol. The second-order valence-electron chi connectivity index (χ2n) is 4.93. The second-order valence-corrected chi connectivity index (χ2v) is 7.67. The number of thiol groups is 1. The topological polar surface area (TPSA) is 63.2 Å². The molecular formula is C13H17NO3S2. The molecule has 0 aliphatic carbocycles. The Bertz CT molecular complexity index is 596. The number of sulfone groups is 1. The van der Waals surface area contributed by atoms with E-state index < -0.39 is 9.84 Å². The van der Waals surface area contributed by atoms with E-state index in [9.17, 15) is 13.2 Å². The van der Waals surface area contributed by atoms with Gasteiger partial charge in [0, 0.05) is 16.5 Å². The van der Waals surface area contributed by atoms with Gasteiger partial charge >= 0.3 is 0 Å². The van der Waals surface area contributed by atoms with Gasteiger partial charge in [-0.3, -0.25) is 4.79 Å². The fourth-order valence-corrected chi connectivity index (χ4v) is 4.09. The average molecular weight is 299 g/mol. The zero-order valence-electron chi connectivity index (χ0n) is 10.7. The van der Waals surface area contributed by atoms with Crippen molar-refractivity contribution in [1.29, 1.82) is 0 Å². The molecule has 1 atom stereocenters. The molecule has 19 heavy (non-hydrogen) atoms. The van der Waals surface area contributed by atoms with Crippen LogP contribution in [0.3, 0.4) is 0 Å². The molecule has 1 aromatic rings. The van der Waals surface area contributed by atoms with Gasteiger partial charge in [-0.15, -0.1) is 12.6 Å². The first-order chi connectivity index (χ1) is 8.87. The van der Waals surface area contributed by atoms with Gasteiger partial charge in [0.05, 0.1) is 11.5 Å². The van der Waals surface area contributed by atoms with Gasteiger partial charge < -0.3 is 5.32 Å². The van der Waals surface area contributed by atoms with Crippen LogP contribution in [-0.2, 0) is 9.84 Å². The van der Waals surface area contributed by atoms with Crippen molar-refractivity contribution in [3.63, 3.8) is 0 Å². The van der Waals surface area contributed by atoms with Gasteiger partial charge in [-0.1, -0.05) is 6.07 Å². The quantitative estimate of drug-likeness (QED) is 0.815. The normalized spacial score (nSPS) is 21.9. The zero-order valence-corrected chi connectivity index (χ0v) is 12.4. The Labute approximate surface area is 118 Å². The number of carbonyl (C=O) groups excluding carboxylic acids is 1. The molecule has 104 valence electrons. The summed E-state index contributed by atoms with van der Waals surface area (Å²) in [6.45, 7) is 1.85. The Morgan fingerprint density at radius 1 is 1.42 bits per heavy atom. The van der Waals surface area contributed by atoms with Crippen molar-refractivity contribution in [3.05, 3.63) is 29.3 Å². The van der Waals surface area contributed by atoms with E-state index in [2.05, 4.69) is 17.9 Å². The first-order valence-electron chi connectivity index (χ1n) is 6.18. The SMILES string of the molecule is Cc1ccc(S)cc1C(=O)NC1CCCS(=O)(=O)C1. The first-order valence-corrected chi connectivity index (χ1v) is 8.45. The minimum Gasteiger partial charge on any atom is -0.348 e. The Balaban J connectivity index is 2.11. The number of rotatable bonds is 2. The molecule has 0 radical (unpaired) electrons. The summed E-state index contributed by atoms with van der Waals surface area (Å²) in [5, 5.41) is 2.81. The van der Waals surface area contributed by atoms with Gasteiger partial charge in [0.25, 0.3) is 5.91 Å². The summed E-state index contributed by atoms with van der Waals surface area (Å²) in [5.41, 5.74) is 1.41. The summed E-state index contributed by atoms with van der Waals surface area (Å²) in [4.78, 5) is 12.9. The fourth-order valence-electron chi connectivity index (χ4n) is 2.25. The molecule has 4 nitrogen and oxygen atoms in total. The average Bonchev–Trinajstić information content (AvgIpc) is 2.31. The molecule has 1 aromatic carbocycles. The summed E-state index contributed by atoms with van der Waals surface area (Å²) in [6.07, 6.45) is 1.32. The molecule has 0 bridgehead atoms. The van der Waals surface area contributed by atoms with Crippen molar-refractivity contribution >= 4 is 28.4 Å². The van der Waals surface area contributed by atoms with Crippen molar-refractivity contribution in [2.45, 2.75) is 30.7 Å². The van der Waals surface area contributed by atoms with Crippen molar-refractivity contribution in [2.24, 2.45) is 0 Å². The number of nitrogens with one attached hydrogen (secondary N) is 1. The maximum Gasteiger partial charge on any atom is 0.251 e. The lowest BCUT2D eigenvalue weighted by molar-refractivity contribution is 0.0937. The highest BCUT2D eigenvalue weighted by molar-refractivity contribution is 7.91. The van der Waals surface area contributed by atoms with Crippen LogP contribution in [0.15, 0.2) is 23.1 Å². The number of hydrogen-bond acceptors (Lipinski definition) is 4.